The molecule has 0 bridgehead atoms. The molecular formula is C46H76N+. The van der Waals surface area contributed by atoms with Crippen LogP contribution >= 0.6 is 0 Å². The highest BCUT2D eigenvalue weighted by Gasteiger charge is 2.26. The summed E-state index contributed by atoms with van der Waals surface area (Å²) in [5.41, 5.74) is 2.89. The molecule has 0 radical (unpaired) electrons. The van der Waals surface area contributed by atoms with Crippen LogP contribution in [-0.2, 0) is 13.1 Å². The van der Waals surface area contributed by atoms with Crippen LogP contribution < -0.4 is 0 Å². The Kier molecular flexibility index (Phi) is 26.2. The van der Waals surface area contributed by atoms with Gasteiger partial charge in [0.1, 0.15) is 13.1 Å². The van der Waals surface area contributed by atoms with Crippen molar-refractivity contribution in [1.82, 2.24) is 0 Å². The number of quaternary nitrogens is 1. The van der Waals surface area contributed by atoms with E-state index in [2.05, 4.69) is 98.8 Å². The zero-order chi connectivity index (χ0) is 33.4. The summed E-state index contributed by atoms with van der Waals surface area (Å²) in [6.07, 6.45) is 43.6. The van der Waals surface area contributed by atoms with Crippen molar-refractivity contribution in [1.29, 1.82) is 0 Å². The summed E-state index contributed by atoms with van der Waals surface area (Å²) in [5, 5.41) is 0. The van der Waals surface area contributed by atoms with Crippen LogP contribution in [0, 0.1) is 0 Å². The van der Waals surface area contributed by atoms with Crippen molar-refractivity contribution in [2.75, 3.05) is 13.1 Å². The van der Waals surface area contributed by atoms with E-state index in [-0.39, 0.29) is 0 Å². The molecule has 0 saturated heterocycles. The molecule has 2 aromatic carbocycles. The van der Waals surface area contributed by atoms with Gasteiger partial charge in [0.05, 0.1) is 13.1 Å². The molecule has 0 heterocycles. The third kappa shape index (κ3) is 23.0. The average Bonchev–Trinajstić information content (AvgIpc) is 3.09. The van der Waals surface area contributed by atoms with Gasteiger partial charge in [-0.15, -0.1) is 0 Å². The van der Waals surface area contributed by atoms with Crippen molar-refractivity contribution in [3.63, 3.8) is 0 Å². The zero-order valence-corrected chi connectivity index (χ0v) is 31.3. The molecule has 0 aliphatic rings. The van der Waals surface area contributed by atoms with E-state index in [1.54, 1.807) is 0 Å². The lowest BCUT2D eigenvalue weighted by atomic mass is 10.0. The number of rotatable bonds is 32. The number of allylic oxidation sites excluding steroid dienone is 2. The van der Waals surface area contributed by atoms with E-state index in [0.717, 1.165) is 30.7 Å². The number of hydrogen-bond acceptors (Lipinski definition) is 0. The van der Waals surface area contributed by atoms with Gasteiger partial charge in [-0.25, -0.2) is 0 Å². The smallest absolute Gasteiger partial charge is 0.105 e. The molecule has 0 unspecified atom stereocenters. The van der Waals surface area contributed by atoms with E-state index >= 15 is 0 Å². The molecule has 0 fully saturated rings. The average molecular weight is 643 g/mol. The molecule has 47 heavy (non-hydrogen) atoms. The monoisotopic (exact) mass is 643 g/mol. The van der Waals surface area contributed by atoms with Gasteiger partial charge in [-0.3, -0.25) is 0 Å². The molecule has 2 aromatic rings. The molecule has 0 aliphatic carbocycles. The maximum atomic E-state index is 2.51. The Bertz CT molecular complexity index is 893. The highest BCUT2D eigenvalue weighted by Crippen LogP contribution is 2.22. The molecule has 2 rings (SSSR count). The third-order valence-electron chi connectivity index (χ3n) is 9.99. The lowest BCUT2D eigenvalue weighted by molar-refractivity contribution is -0.943. The van der Waals surface area contributed by atoms with Crippen molar-refractivity contribution in [2.45, 2.75) is 181 Å². The van der Waals surface area contributed by atoms with Gasteiger partial charge in [-0.1, -0.05) is 215 Å². The minimum absolute atomic E-state index is 1.05. The molecule has 0 N–H and O–H groups in total. The standard InChI is InChI=1S/C46H76N/c1-3-5-7-9-11-13-15-17-19-21-23-25-27-35-41-47(43-45-37-31-29-32-38-45,44-46-39-33-30-34-40-46)42-36-28-26-24-22-20-18-16-14-12-10-8-6-4-2/h27-40H,3-26,41-44H2,1-2H3/q+1/b35-27+,36-28+. The normalized spacial score (nSPS) is 12.1. The van der Waals surface area contributed by atoms with Crippen LogP contribution in [-0.4, -0.2) is 17.6 Å². The summed E-state index contributed by atoms with van der Waals surface area (Å²) in [7, 11) is 0. The first-order valence-electron chi connectivity index (χ1n) is 20.5. The molecule has 0 atom stereocenters. The summed E-state index contributed by atoms with van der Waals surface area (Å²) < 4.78 is 1.05. The minimum Gasteiger partial charge on any atom is -0.310 e. The Balaban J connectivity index is 1.81. The fourth-order valence-electron chi connectivity index (χ4n) is 7.01. The summed E-state index contributed by atoms with van der Waals surface area (Å²) >= 11 is 0. The number of unbranched alkanes of at least 4 members (excludes halogenated alkanes) is 22. The van der Waals surface area contributed by atoms with Gasteiger partial charge in [-0.05, 0) is 37.8 Å². The molecule has 0 aromatic heterocycles. The van der Waals surface area contributed by atoms with E-state index in [0.29, 0.717) is 0 Å². The predicted molar refractivity (Wildman–Crippen MR) is 211 cm³/mol. The van der Waals surface area contributed by atoms with Gasteiger partial charge in [0.15, 0.2) is 0 Å². The molecule has 0 amide bonds. The minimum atomic E-state index is 1.05. The lowest BCUT2D eigenvalue weighted by Crippen LogP contribution is -2.46. The zero-order valence-electron chi connectivity index (χ0n) is 31.3. The van der Waals surface area contributed by atoms with Crippen LogP contribution in [0.2, 0.25) is 0 Å². The van der Waals surface area contributed by atoms with E-state index in [1.165, 1.54) is 165 Å². The van der Waals surface area contributed by atoms with Crippen LogP contribution in [0.15, 0.2) is 85.0 Å². The van der Waals surface area contributed by atoms with Gasteiger partial charge in [-0.2, -0.15) is 0 Å². The number of hydrogen-bond donors (Lipinski definition) is 0. The summed E-state index contributed by atoms with van der Waals surface area (Å²) in [6, 6.07) is 22.4. The first-order valence-corrected chi connectivity index (χ1v) is 20.5. The number of nitrogens with zero attached hydrogens (tertiary/aromatic N) is 1. The lowest BCUT2D eigenvalue weighted by Gasteiger charge is -2.37. The van der Waals surface area contributed by atoms with Crippen LogP contribution in [0.25, 0.3) is 0 Å². The first kappa shape index (κ1) is 41.1. The second-order valence-electron chi connectivity index (χ2n) is 14.6. The van der Waals surface area contributed by atoms with Crippen LogP contribution in [0.4, 0.5) is 0 Å². The second-order valence-corrected chi connectivity index (χ2v) is 14.6. The van der Waals surface area contributed by atoms with Crippen molar-refractivity contribution in [3.05, 3.63) is 96.1 Å². The van der Waals surface area contributed by atoms with Gasteiger partial charge >= 0.3 is 0 Å². The molecule has 1 nitrogen and oxygen atoms in total. The maximum absolute atomic E-state index is 2.51. The van der Waals surface area contributed by atoms with E-state index in [4.69, 9.17) is 0 Å². The van der Waals surface area contributed by atoms with Crippen LogP contribution in [0.5, 0.6) is 0 Å². The van der Waals surface area contributed by atoms with Crippen molar-refractivity contribution < 1.29 is 4.48 Å². The summed E-state index contributed by atoms with van der Waals surface area (Å²) in [6.45, 7) is 8.93. The van der Waals surface area contributed by atoms with Gasteiger partial charge in [0.2, 0.25) is 0 Å². The Labute approximate surface area is 293 Å². The van der Waals surface area contributed by atoms with Gasteiger partial charge in [0.25, 0.3) is 0 Å². The predicted octanol–water partition coefficient (Wildman–Crippen LogP) is 14.7. The van der Waals surface area contributed by atoms with Crippen LogP contribution in [0.1, 0.15) is 179 Å². The Morgan fingerprint density at radius 2 is 0.660 bits per heavy atom. The topological polar surface area (TPSA) is 0 Å². The first-order chi connectivity index (χ1) is 23.3. The largest absolute Gasteiger partial charge is 0.310 e. The molecule has 1 heteroatoms. The quantitative estimate of drug-likeness (QED) is 0.0423. The molecule has 264 valence electrons. The van der Waals surface area contributed by atoms with E-state index in [9.17, 15) is 0 Å². The second kappa shape index (κ2) is 30.0. The fourth-order valence-corrected chi connectivity index (χ4v) is 7.01. The third-order valence-corrected chi connectivity index (χ3v) is 9.99. The Morgan fingerprint density at radius 1 is 0.362 bits per heavy atom. The molecule has 0 aliphatic heterocycles. The molecule has 0 saturated carbocycles. The summed E-state index contributed by atoms with van der Waals surface area (Å²) in [4.78, 5) is 0. The SMILES string of the molecule is CCCCCCCCCCCCC/C=C/C[N+](C/C=C/CCCCCCCCCCCCC)(Cc1ccccc1)Cc1ccccc1. The van der Waals surface area contributed by atoms with Gasteiger partial charge in [0, 0.05) is 11.1 Å². The Morgan fingerprint density at radius 3 is 0.979 bits per heavy atom. The van der Waals surface area contributed by atoms with Crippen LogP contribution in [0.3, 0.4) is 0 Å². The molecular weight excluding hydrogens is 567 g/mol. The highest BCUT2D eigenvalue weighted by molar-refractivity contribution is 5.16. The summed E-state index contributed by atoms with van der Waals surface area (Å²) in [5.74, 6) is 0. The van der Waals surface area contributed by atoms with Crippen molar-refractivity contribution in [3.8, 4) is 0 Å². The molecule has 0 spiro atoms. The van der Waals surface area contributed by atoms with Crippen molar-refractivity contribution in [2.24, 2.45) is 0 Å². The van der Waals surface area contributed by atoms with Gasteiger partial charge < -0.3 is 4.48 Å². The number of benzene rings is 2. The van der Waals surface area contributed by atoms with E-state index in [1.807, 2.05) is 0 Å². The maximum Gasteiger partial charge on any atom is 0.105 e. The fraction of sp³-hybridized carbons (Fsp3) is 0.652. The highest BCUT2D eigenvalue weighted by atomic mass is 15.3. The Hall–Kier alpha value is -2.12. The van der Waals surface area contributed by atoms with E-state index < -0.39 is 0 Å². The van der Waals surface area contributed by atoms with Crippen molar-refractivity contribution >= 4 is 0 Å².